The maximum atomic E-state index is 9.74. The highest BCUT2D eigenvalue weighted by atomic mass is 35.5. The molecule has 1 N–H and O–H groups in total. The Morgan fingerprint density at radius 1 is 0.944 bits per heavy atom. The van der Waals surface area contributed by atoms with Gasteiger partial charge in [-0.2, -0.15) is 0 Å². The number of phenols is 1. The predicted octanol–water partition coefficient (Wildman–Crippen LogP) is 4.08. The van der Waals surface area contributed by atoms with Crippen LogP contribution in [0.15, 0.2) is 12.1 Å². The first kappa shape index (κ1) is 13.1. The molecular weight excluding hydrogens is 271 g/mol. The van der Waals surface area contributed by atoms with Gasteiger partial charge in [-0.25, -0.2) is 9.97 Å². The van der Waals surface area contributed by atoms with E-state index in [1.807, 2.05) is 13.8 Å². The molecule has 94 valence electrons. The third-order valence-corrected chi connectivity index (χ3v) is 3.51. The molecule has 2 rings (SSSR count). The highest BCUT2D eigenvalue weighted by molar-refractivity contribution is 6.34. The van der Waals surface area contributed by atoms with Crippen molar-refractivity contribution in [1.82, 2.24) is 9.97 Å². The molecule has 0 aliphatic rings. The Balaban J connectivity index is 2.63. The van der Waals surface area contributed by atoms with Crippen molar-refractivity contribution in [2.45, 2.75) is 20.8 Å². The molecule has 0 aliphatic heterocycles. The van der Waals surface area contributed by atoms with Gasteiger partial charge in [0.1, 0.15) is 16.1 Å². The van der Waals surface area contributed by atoms with Crippen LogP contribution in [0.25, 0.3) is 11.4 Å². The van der Waals surface area contributed by atoms with E-state index in [9.17, 15) is 5.11 Å². The molecule has 0 spiro atoms. The van der Waals surface area contributed by atoms with Gasteiger partial charge in [0.25, 0.3) is 0 Å². The number of hydrogen-bond acceptors (Lipinski definition) is 3. The minimum absolute atomic E-state index is 0.281. The lowest BCUT2D eigenvalue weighted by molar-refractivity contribution is 0.467. The van der Waals surface area contributed by atoms with Crippen LogP contribution in [0.5, 0.6) is 5.75 Å². The third kappa shape index (κ3) is 2.28. The zero-order valence-corrected chi connectivity index (χ0v) is 11.8. The third-order valence-electron chi connectivity index (χ3n) is 2.78. The molecule has 0 radical (unpaired) electrons. The van der Waals surface area contributed by atoms with Crippen LogP contribution in [0.4, 0.5) is 0 Å². The molecular formula is C13H12Cl2N2O. The summed E-state index contributed by atoms with van der Waals surface area (Å²) in [7, 11) is 0. The van der Waals surface area contributed by atoms with Gasteiger partial charge in [0, 0.05) is 11.1 Å². The minimum Gasteiger partial charge on any atom is -0.507 e. The van der Waals surface area contributed by atoms with Crippen LogP contribution >= 0.6 is 23.2 Å². The van der Waals surface area contributed by atoms with Crippen molar-refractivity contribution >= 4 is 23.2 Å². The summed E-state index contributed by atoms with van der Waals surface area (Å²) in [6.45, 7) is 5.41. The van der Waals surface area contributed by atoms with E-state index in [2.05, 4.69) is 9.97 Å². The van der Waals surface area contributed by atoms with Crippen LogP contribution in [0.2, 0.25) is 10.3 Å². The second kappa shape index (κ2) is 4.75. The standard InChI is InChI=1S/C13H12Cl2N2O/c1-6-4-9(5-7(2)10(6)18)13-16-11(14)8(3)12(15)17-13/h4-5,18H,1-3H3. The van der Waals surface area contributed by atoms with Crippen LogP contribution in [0.3, 0.4) is 0 Å². The summed E-state index contributed by atoms with van der Waals surface area (Å²) >= 11 is 12.0. The van der Waals surface area contributed by atoms with E-state index in [0.29, 0.717) is 21.7 Å². The zero-order chi connectivity index (χ0) is 13.4. The highest BCUT2D eigenvalue weighted by Crippen LogP contribution is 2.29. The second-order valence-corrected chi connectivity index (χ2v) is 4.93. The molecule has 1 aromatic heterocycles. The first-order valence-electron chi connectivity index (χ1n) is 5.40. The van der Waals surface area contributed by atoms with Crippen LogP contribution in [-0.2, 0) is 0 Å². The number of aromatic hydroxyl groups is 1. The van der Waals surface area contributed by atoms with Gasteiger partial charge in [-0.1, -0.05) is 23.2 Å². The Hall–Kier alpha value is -1.32. The number of hydrogen-bond donors (Lipinski definition) is 1. The molecule has 0 atom stereocenters. The summed E-state index contributed by atoms with van der Waals surface area (Å²) in [6.07, 6.45) is 0. The number of phenolic OH excluding ortho intramolecular Hbond substituents is 1. The van der Waals surface area contributed by atoms with Crippen molar-refractivity contribution in [1.29, 1.82) is 0 Å². The van der Waals surface area contributed by atoms with Crippen LogP contribution in [0.1, 0.15) is 16.7 Å². The molecule has 0 unspecified atom stereocenters. The quantitative estimate of drug-likeness (QED) is 0.802. The average Bonchev–Trinajstić information content (AvgIpc) is 2.31. The smallest absolute Gasteiger partial charge is 0.162 e. The Labute approximate surface area is 115 Å². The van der Waals surface area contributed by atoms with Gasteiger partial charge >= 0.3 is 0 Å². The number of rotatable bonds is 1. The van der Waals surface area contributed by atoms with E-state index in [1.165, 1.54) is 0 Å². The highest BCUT2D eigenvalue weighted by Gasteiger charge is 2.11. The van der Waals surface area contributed by atoms with E-state index < -0.39 is 0 Å². The maximum absolute atomic E-state index is 9.74. The normalized spacial score (nSPS) is 10.7. The molecule has 1 heterocycles. The van der Waals surface area contributed by atoms with Crippen molar-refractivity contribution in [2.75, 3.05) is 0 Å². The summed E-state index contributed by atoms with van der Waals surface area (Å²) in [5, 5.41) is 10.4. The van der Waals surface area contributed by atoms with Crippen molar-refractivity contribution in [2.24, 2.45) is 0 Å². The first-order chi connectivity index (χ1) is 8.40. The summed E-state index contributed by atoms with van der Waals surface area (Å²) in [5.41, 5.74) is 2.98. The molecule has 18 heavy (non-hydrogen) atoms. The van der Waals surface area contributed by atoms with Gasteiger partial charge in [0.2, 0.25) is 0 Å². The number of aromatic nitrogens is 2. The molecule has 5 heteroatoms. The lowest BCUT2D eigenvalue weighted by Gasteiger charge is -2.08. The summed E-state index contributed by atoms with van der Waals surface area (Å²) in [5.74, 6) is 0.741. The molecule has 2 aromatic rings. The van der Waals surface area contributed by atoms with Crippen molar-refractivity contribution < 1.29 is 5.11 Å². The van der Waals surface area contributed by atoms with E-state index in [0.717, 1.165) is 16.7 Å². The summed E-state index contributed by atoms with van der Waals surface area (Å²) < 4.78 is 0. The van der Waals surface area contributed by atoms with Gasteiger partial charge < -0.3 is 5.11 Å². The number of halogens is 2. The fourth-order valence-corrected chi connectivity index (χ4v) is 2.07. The zero-order valence-electron chi connectivity index (χ0n) is 10.3. The Morgan fingerprint density at radius 3 is 1.83 bits per heavy atom. The van der Waals surface area contributed by atoms with Crippen LogP contribution in [-0.4, -0.2) is 15.1 Å². The summed E-state index contributed by atoms with van der Waals surface area (Å²) in [6, 6.07) is 3.61. The molecule has 0 amide bonds. The SMILES string of the molecule is Cc1cc(-c2nc(Cl)c(C)c(Cl)n2)cc(C)c1O. The Kier molecular flexibility index (Phi) is 3.46. The van der Waals surface area contributed by atoms with Crippen molar-refractivity contribution in [3.05, 3.63) is 39.1 Å². The first-order valence-corrected chi connectivity index (χ1v) is 6.16. The molecule has 3 nitrogen and oxygen atoms in total. The van der Waals surface area contributed by atoms with Crippen molar-refractivity contribution in [3.63, 3.8) is 0 Å². The molecule has 0 saturated heterocycles. The number of nitrogens with zero attached hydrogens (tertiary/aromatic N) is 2. The minimum atomic E-state index is 0.281. The second-order valence-electron chi connectivity index (χ2n) is 4.21. The van der Waals surface area contributed by atoms with Gasteiger partial charge in [-0.3, -0.25) is 0 Å². The largest absolute Gasteiger partial charge is 0.507 e. The molecule has 0 saturated carbocycles. The van der Waals surface area contributed by atoms with Gasteiger partial charge in [-0.15, -0.1) is 0 Å². The van der Waals surface area contributed by atoms with E-state index in [1.54, 1.807) is 19.1 Å². The Bertz CT molecular complexity index is 525. The number of benzene rings is 1. The topological polar surface area (TPSA) is 46.0 Å². The fourth-order valence-electron chi connectivity index (χ4n) is 1.68. The van der Waals surface area contributed by atoms with Gasteiger partial charge in [0.15, 0.2) is 5.82 Å². The fraction of sp³-hybridized carbons (Fsp3) is 0.231. The van der Waals surface area contributed by atoms with E-state index in [-0.39, 0.29) is 5.75 Å². The van der Waals surface area contributed by atoms with Crippen LogP contribution in [0, 0.1) is 20.8 Å². The Morgan fingerprint density at radius 2 is 1.39 bits per heavy atom. The van der Waals surface area contributed by atoms with E-state index >= 15 is 0 Å². The molecule has 0 bridgehead atoms. The van der Waals surface area contributed by atoms with Gasteiger partial charge in [-0.05, 0) is 44.0 Å². The van der Waals surface area contributed by atoms with Gasteiger partial charge in [0.05, 0.1) is 0 Å². The predicted molar refractivity (Wildman–Crippen MR) is 73.4 cm³/mol. The average molecular weight is 283 g/mol. The molecule has 0 fully saturated rings. The van der Waals surface area contributed by atoms with E-state index in [4.69, 9.17) is 23.2 Å². The lowest BCUT2D eigenvalue weighted by atomic mass is 10.1. The monoisotopic (exact) mass is 282 g/mol. The molecule has 1 aromatic carbocycles. The summed E-state index contributed by atoms with van der Waals surface area (Å²) in [4.78, 5) is 8.41. The number of aryl methyl sites for hydroxylation is 2. The maximum Gasteiger partial charge on any atom is 0.162 e. The lowest BCUT2D eigenvalue weighted by Crippen LogP contribution is -1.95. The molecule has 0 aliphatic carbocycles. The van der Waals surface area contributed by atoms with Crippen LogP contribution < -0.4 is 0 Å². The van der Waals surface area contributed by atoms with Crippen molar-refractivity contribution in [3.8, 4) is 17.1 Å².